The van der Waals surface area contributed by atoms with E-state index in [1.807, 2.05) is 20.8 Å². The zero-order valence-electron chi connectivity index (χ0n) is 6.68. The predicted molar refractivity (Wildman–Crippen MR) is 40.9 cm³/mol. The van der Waals surface area contributed by atoms with Crippen LogP contribution < -0.4 is 11.2 Å². The zero-order chi connectivity index (χ0) is 8.20. The molecule has 0 aromatic rings. The van der Waals surface area contributed by atoms with Crippen molar-refractivity contribution >= 4 is 5.96 Å². The number of nitrogens with two attached hydrogens (primary N) is 1. The molecule has 0 saturated carbocycles. The number of hydroxylamine groups is 1. The number of hydrogen-bond acceptors (Lipinski definition) is 2. The summed E-state index contributed by atoms with van der Waals surface area (Å²) in [5, 5.41) is 8.23. The summed E-state index contributed by atoms with van der Waals surface area (Å²) < 4.78 is 0. The van der Waals surface area contributed by atoms with Crippen molar-refractivity contribution < 1.29 is 5.21 Å². The number of guanidine groups is 1. The fourth-order valence-corrected chi connectivity index (χ4v) is 0.358. The van der Waals surface area contributed by atoms with E-state index in [1.165, 1.54) is 0 Å². The lowest BCUT2D eigenvalue weighted by atomic mass is 9.97. The molecule has 60 valence electrons. The molecule has 0 atom stereocenters. The minimum atomic E-state index is 0.0647. The van der Waals surface area contributed by atoms with Crippen LogP contribution in [0.25, 0.3) is 0 Å². The molecule has 10 heavy (non-hydrogen) atoms. The molecule has 0 saturated heterocycles. The molecule has 0 aliphatic heterocycles. The topological polar surface area (TPSA) is 70.6 Å². The van der Waals surface area contributed by atoms with Gasteiger partial charge in [-0.05, 0) is 5.41 Å². The molecule has 0 rings (SSSR count). The van der Waals surface area contributed by atoms with Gasteiger partial charge in [0.05, 0.1) is 0 Å². The van der Waals surface area contributed by atoms with E-state index in [9.17, 15) is 0 Å². The molecule has 0 unspecified atom stereocenters. The van der Waals surface area contributed by atoms with Gasteiger partial charge >= 0.3 is 0 Å². The van der Waals surface area contributed by atoms with Crippen molar-refractivity contribution in [3.63, 3.8) is 0 Å². The van der Waals surface area contributed by atoms with Crippen molar-refractivity contribution in [1.29, 1.82) is 0 Å². The van der Waals surface area contributed by atoms with Gasteiger partial charge in [-0.25, -0.2) is 5.48 Å². The molecule has 0 bridgehead atoms. The lowest BCUT2D eigenvalue weighted by molar-refractivity contribution is 0.232. The molecular formula is C6H15N3O. The highest BCUT2D eigenvalue weighted by Gasteiger charge is 2.08. The molecule has 0 radical (unpaired) electrons. The van der Waals surface area contributed by atoms with Crippen molar-refractivity contribution in [2.45, 2.75) is 20.8 Å². The number of nitrogens with zero attached hydrogens (tertiary/aromatic N) is 1. The van der Waals surface area contributed by atoms with Crippen LogP contribution in [0.4, 0.5) is 0 Å². The average molecular weight is 145 g/mol. The average Bonchev–Trinajstić information content (AvgIpc) is 1.81. The summed E-state index contributed by atoms with van der Waals surface area (Å²) in [6, 6.07) is 0. The quantitative estimate of drug-likeness (QED) is 0.283. The van der Waals surface area contributed by atoms with Crippen LogP contribution in [-0.2, 0) is 0 Å². The first-order valence-corrected chi connectivity index (χ1v) is 3.16. The lowest BCUT2D eigenvalue weighted by Crippen LogP contribution is -2.29. The molecule has 4 nitrogen and oxygen atoms in total. The van der Waals surface area contributed by atoms with Gasteiger partial charge in [0.25, 0.3) is 0 Å². The monoisotopic (exact) mass is 145 g/mol. The minimum absolute atomic E-state index is 0.0647. The third kappa shape index (κ3) is 5.37. The highest BCUT2D eigenvalue weighted by molar-refractivity contribution is 5.76. The summed E-state index contributed by atoms with van der Waals surface area (Å²) in [6.07, 6.45) is 0. The first kappa shape index (κ1) is 9.23. The van der Waals surface area contributed by atoms with Gasteiger partial charge in [-0.15, -0.1) is 0 Å². The van der Waals surface area contributed by atoms with Gasteiger partial charge in [0.15, 0.2) is 0 Å². The van der Waals surface area contributed by atoms with E-state index in [1.54, 1.807) is 5.48 Å². The number of rotatable bonds is 1. The summed E-state index contributed by atoms with van der Waals surface area (Å²) in [7, 11) is 0. The molecule has 4 N–H and O–H groups in total. The lowest BCUT2D eigenvalue weighted by Gasteiger charge is -2.14. The van der Waals surface area contributed by atoms with Gasteiger partial charge in [-0.1, -0.05) is 20.8 Å². The molecule has 4 heteroatoms. The summed E-state index contributed by atoms with van der Waals surface area (Å²) >= 11 is 0. The Morgan fingerprint density at radius 3 is 2.40 bits per heavy atom. The van der Waals surface area contributed by atoms with Crippen LogP contribution in [0, 0.1) is 5.41 Å². The Bertz CT molecular complexity index is 125. The van der Waals surface area contributed by atoms with Gasteiger partial charge in [0, 0.05) is 6.54 Å². The maximum absolute atomic E-state index is 8.23. The summed E-state index contributed by atoms with van der Waals surface area (Å²) in [6.45, 7) is 6.73. The highest BCUT2D eigenvalue weighted by atomic mass is 16.5. The van der Waals surface area contributed by atoms with Gasteiger partial charge < -0.3 is 5.73 Å². The SMILES string of the molecule is CC(C)(C)CN=C(N)NO. The third-order valence-electron chi connectivity index (χ3n) is 0.838. The van der Waals surface area contributed by atoms with Crippen LogP contribution >= 0.6 is 0 Å². The van der Waals surface area contributed by atoms with Gasteiger partial charge in [0.1, 0.15) is 0 Å². The van der Waals surface area contributed by atoms with E-state index in [0.717, 1.165) is 0 Å². The molecule has 0 aromatic heterocycles. The van der Waals surface area contributed by atoms with Gasteiger partial charge in [0.2, 0.25) is 5.96 Å². The van der Waals surface area contributed by atoms with E-state index in [0.29, 0.717) is 6.54 Å². The summed E-state index contributed by atoms with van der Waals surface area (Å²) in [4.78, 5) is 3.85. The van der Waals surface area contributed by atoms with E-state index in [2.05, 4.69) is 4.99 Å². The Labute approximate surface area is 61.1 Å². The van der Waals surface area contributed by atoms with Crippen LogP contribution in [0.3, 0.4) is 0 Å². The second-order valence-electron chi connectivity index (χ2n) is 3.37. The molecule has 0 heterocycles. The Kier molecular flexibility index (Phi) is 3.15. The molecule has 0 aliphatic rings. The van der Waals surface area contributed by atoms with Crippen molar-refractivity contribution in [2.75, 3.05) is 6.54 Å². The zero-order valence-corrected chi connectivity index (χ0v) is 6.68. The molecule has 0 spiro atoms. The number of hydrogen-bond donors (Lipinski definition) is 3. The molecule has 0 aliphatic carbocycles. The summed E-state index contributed by atoms with van der Waals surface area (Å²) in [5.74, 6) is 0.0647. The van der Waals surface area contributed by atoms with E-state index >= 15 is 0 Å². The Morgan fingerprint density at radius 1 is 1.60 bits per heavy atom. The van der Waals surface area contributed by atoms with Crippen LogP contribution in [0.2, 0.25) is 0 Å². The highest BCUT2D eigenvalue weighted by Crippen LogP contribution is 2.12. The first-order chi connectivity index (χ1) is 4.45. The van der Waals surface area contributed by atoms with Crippen LogP contribution in [0.15, 0.2) is 4.99 Å². The standard InChI is InChI=1S/C6H15N3O/c1-6(2,3)4-8-5(7)9-10/h10H,4H2,1-3H3,(H3,7,8,9). The van der Waals surface area contributed by atoms with E-state index in [-0.39, 0.29) is 11.4 Å². The fourth-order valence-electron chi connectivity index (χ4n) is 0.358. The van der Waals surface area contributed by atoms with E-state index in [4.69, 9.17) is 10.9 Å². The van der Waals surface area contributed by atoms with Gasteiger partial charge in [-0.3, -0.25) is 10.2 Å². The summed E-state index contributed by atoms with van der Waals surface area (Å²) in [5.41, 5.74) is 7.05. The molecule has 0 aromatic carbocycles. The third-order valence-corrected chi connectivity index (χ3v) is 0.838. The Morgan fingerprint density at radius 2 is 2.10 bits per heavy atom. The normalized spacial score (nSPS) is 13.4. The minimum Gasteiger partial charge on any atom is -0.368 e. The van der Waals surface area contributed by atoms with Crippen molar-refractivity contribution in [3.8, 4) is 0 Å². The Hall–Kier alpha value is -0.770. The predicted octanol–water partition coefficient (Wildman–Crippen LogP) is 0.326. The molecule has 0 fully saturated rings. The second kappa shape index (κ2) is 3.41. The van der Waals surface area contributed by atoms with Gasteiger partial charge in [-0.2, -0.15) is 0 Å². The Balaban J connectivity index is 3.73. The fraction of sp³-hybridized carbons (Fsp3) is 0.833. The van der Waals surface area contributed by atoms with Crippen LogP contribution in [-0.4, -0.2) is 17.7 Å². The maximum Gasteiger partial charge on any atom is 0.212 e. The first-order valence-electron chi connectivity index (χ1n) is 3.16. The molecule has 0 amide bonds. The molecular weight excluding hydrogens is 130 g/mol. The number of aliphatic imine (C=N–C) groups is 1. The van der Waals surface area contributed by atoms with E-state index < -0.39 is 0 Å². The smallest absolute Gasteiger partial charge is 0.212 e. The maximum atomic E-state index is 8.23. The van der Waals surface area contributed by atoms with Crippen molar-refractivity contribution in [2.24, 2.45) is 16.1 Å². The van der Waals surface area contributed by atoms with Crippen LogP contribution in [0.1, 0.15) is 20.8 Å². The largest absolute Gasteiger partial charge is 0.368 e. The second-order valence-corrected chi connectivity index (χ2v) is 3.37. The van der Waals surface area contributed by atoms with Crippen molar-refractivity contribution in [3.05, 3.63) is 0 Å². The van der Waals surface area contributed by atoms with Crippen LogP contribution in [0.5, 0.6) is 0 Å². The number of nitrogens with one attached hydrogen (secondary N) is 1. The van der Waals surface area contributed by atoms with Crippen molar-refractivity contribution in [1.82, 2.24) is 5.48 Å².